The van der Waals surface area contributed by atoms with Gasteiger partial charge >= 0.3 is 12.2 Å². The highest BCUT2D eigenvalue weighted by atomic mass is 16.7. The normalized spacial score (nSPS) is 19.1. The lowest BCUT2D eigenvalue weighted by Gasteiger charge is -2.40. The standard InChI is InChI=1S/C43H62N8O11/c1-26(2)38(39(54)47-23-37(53)48-28-9-7-27(8-10-28)24-60-41(56)62-30-13-11-29(12-14-30)51(57)58)49-36(52)19-20-43(5,6)61-22-21-42(3,4)50(46)35-18-16-32-31(15-17-34(35)44)33(32)25-59-40(45)55/h7-14,26,31-33,38H,15-25,44,46H2,1-6H3,(H2,45,55)(H,47,54)(H,48,53)(H,49,52)/b35-34-. The van der Waals surface area contributed by atoms with E-state index in [9.17, 15) is 34.1 Å². The van der Waals surface area contributed by atoms with Crippen molar-refractivity contribution in [1.82, 2.24) is 15.6 Å². The van der Waals surface area contributed by atoms with Crippen LogP contribution in [0.15, 0.2) is 59.9 Å². The van der Waals surface area contributed by atoms with Gasteiger partial charge in [-0.25, -0.2) is 15.4 Å². The van der Waals surface area contributed by atoms with Crippen LogP contribution < -0.4 is 38.0 Å². The van der Waals surface area contributed by atoms with E-state index >= 15 is 0 Å². The molecule has 1 saturated carbocycles. The molecule has 2 aromatic rings. The quantitative estimate of drug-likeness (QED) is 0.0312. The van der Waals surface area contributed by atoms with Crippen LogP contribution in [0.1, 0.15) is 92.1 Å². The van der Waals surface area contributed by atoms with Gasteiger partial charge in [-0.15, -0.1) is 0 Å². The molecule has 4 amide bonds. The molecule has 0 bridgehead atoms. The molecule has 0 radical (unpaired) electrons. The Balaban J connectivity index is 1.14. The number of amides is 4. The van der Waals surface area contributed by atoms with Gasteiger partial charge in [-0.2, -0.15) is 0 Å². The van der Waals surface area contributed by atoms with E-state index in [1.54, 1.807) is 43.1 Å². The highest BCUT2D eigenvalue weighted by molar-refractivity contribution is 5.96. The average molecular weight is 867 g/mol. The first-order chi connectivity index (χ1) is 29.2. The van der Waals surface area contributed by atoms with Gasteiger partial charge in [0.1, 0.15) is 18.4 Å². The zero-order valence-electron chi connectivity index (χ0n) is 36.4. The topological polar surface area (TPSA) is 283 Å². The molecule has 0 heterocycles. The van der Waals surface area contributed by atoms with E-state index in [1.165, 1.54) is 24.3 Å². The minimum Gasteiger partial charge on any atom is -0.449 e. The summed E-state index contributed by atoms with van der Waals surface area (Å²) in [6.07, 6.45) is 2.57. The second kappa shape index (κ2) is 21.7. The average Bonchev–Trinajstić information content (AvgIpc) is 3.88. The molecule has 2 aliphatic carbocycles. The molecule has 9 N–H and O–H groups in total. The number of anilines is 1. The fraction of sp³-hybridized carbons (Fsp3) is 0.558. The number of nitrogens with one attached hydrogen (secondary N) is 3. The zero-order valence-corrected chi connectivity index (χ0v) is 36.4. The smallest absolute Gasteiger partial charge is 0.449 e. The Kier molecular flexibility index (Phi) is 17.1. The summed E-state index contributed by atoms with van der Waals surface area (Å²) in [7, 11) is 0. The number of hydrogen-bond donors (Lipinski definition) is 6. The van der Waals surface area contributed by atoms with Crippen LogP contribution in [-0.4, -0.2) is 76.8 Å². The van der Waals surface area contributed by atoms with E-state index in [0.717, 1.165) is 30.7 Å². The number of carbonyl (C=O) groups is 5. The van der Waals surface area contributed by atoms with Crippen LogP contribution in [0.25, 0.3) is 0 Å². The summed E-state index contributed by atoms with van der Waals surface area (Å²) in [4.78, 5) is 72.1. The van der Waals surface area contributed by atoms with E-state index in [4.69, 9.17) is 36.3 Å². The van der Waals surface area contributed by atoms with Gasteiger partial charge < -0.3 is 51.4 Å². The predicted octanol–water partition coefficient (Wildman–Crippen LogP) is 5.13. The maximum atomic E-state index is 13.1. The molecule has 4 atom stereocenters. The molecule has 62 heavy (non-hydrogen) atoms. The predicted molar refractivity (Wildman–Crippen MR) is 228 cm³/mol. The van der Waals surface area contributed by atoms with Crippen molar-refractivity contribution in [3.8, 4) is 5.75 Å². The molecule has 4 unspecified atom stereocenters. The number of non-ortho nitro benzene ring substituents is 1. The van der Waals surface area contributed by atoms with E-state index in [-0.39, 0.29) is 42.8 Å². The fourth-order valence-corrected chi connectivity index (χ4v) is 7.41. The first-order valence-electron chi connectivity index (χ1n) is 20.8. The monoisotopic (exact) mass is 866 g/mol. The minimum atomic E-state index is -0.998. The van der Waals surface area contributed by atoms with Gasteiger partial charge in [0.2, 0.25) is 17.7 Å². The van der Waals surface area contributed by atoms with Crippen molar-refractivity contribution in [3.05, 3.63) is 75.6 Å². The Morgan fingerprint density at radius 3 is 2.18 bits per heavy atom. The number of benzene rings is 2. The van der Waals surface area contributed by atoms with Crippen molar-refractivity contribution in [3.63, 3.8) is 0 Å². The van der Waals surface area contributed by atoms with Crippen LogP contribution in [0.5, 0.6) is 5.75 Å². The second-order valence-corrected chi connectivity index (χ2v) is 17.4. The number of hydrazine groups is 1. The summed E-state index contributed by atoms with van der Waals surface area (Å²) in [5.41, 5.74) is 13.1. The molecule has 4 rings (SSSR count). The molecule has 2 aromatic carbocycles. The number of nitrogens with zero attached hydrogens (tertiary/aromatic N) is 2. The van der Waals surface area contributed by atoms with Crippen molar-refractivity contribution < 1.29 is 47.8 Å². The molecule has 0 aliphatic heterocycles. The van der Waals surface area contributed by atoms with E-state index in [0.29, 0.717) is 61.5 Å². The lowest BCUT2D eigenvalue weighted by molar-refractivity contribution is -0.384. The number of primary amides is 1. The molecule has 1 fully saturated rings. The van der Waals surface area contributed by atoms with Crippen LogP contribution in [0.2, 0.25) is 0 Å². The van der Waals surface area contributed by atoms with Crippen LogP contribution >= 0.6 is 0 Å². The van der Waals surface area contributed by atoms with Gasteiger partial charge in [0.25, 0.3) is 5.69 Å². The Hall–Kier alpha value is -5.95. The lowest BCUT2D eigenvalue weighted by atomic mass is 9.95. The molecule has 0 aromatic heterocycles. The third-order valence-electron chi connectivity index (χ3n) is 11.4. The largest absolute Gasteiger partial charge is 0.514 e. The highest BCUT2D eigenvalue weighted by Crippen LogP contribution is 2.54. The molecule has 0 saturated heterocycles. The molecule has 0 spiro atoms. The SMILES string of the molecule is CC(C)C(NC(=O)CCC(C)(C)OCCC(C)(C)N(N)/C1=C(\N)CCC2C(CC1)C2COC(N)=O)C(=O)NCC(=O)Nc1ccc(COC(=O)Oc2ccc([N+](=O)[O-])cc2)cc1. The van der Waals surface area contributed by atoms with E-state index in [2.05, 4.69) is 16.0 Å². The Bertz CT molecular complexity index is 1940. The summed E-state index contributed by atoms with van der Waals surface area (Å²) >= 11 is 0. The van der Waals surface area contributed by atoms with Crippen LogP contribution in [0, 0.1) is 33.8 Å². The van der Waals surface area contributed by atoms with Gasteiger partial charge in [-0.1, -0.05) is 26.0 Å². The van der Waals surface area contributed by atoms with Crippen molar-refractivity contribution >= 4 is 41.3 Å². The molecular formula is C43H62N8O11. The lowest BCUT2D eigenvalue weighted by Crippen LogP contribution is -2.51. The summed E-state index contributed by atoms with van der Waals surface area (Å²) in [6, 6.07) is 10.5. The van der Waals surface area contributed by atoms with E-state index < -0.39 is 46.2 Å². The number of nitrogens with two attached hydrogens (primary N) is 3. The number of hydrogen-bond acceptors (Lipinski definition) is 14. The number of carbonyl (C=O) groups excluding carboxylic acids is 5. The first-order valence-corrected chi connectivity index (χ1v) is 20.8. The molecular weight excluding hydrogens is 805 g/mol. The minimum absolute atomic E-state index is 0.0840. The van der Waals surface area contributed by atoms with Crippen molar-refractivity contribution in [2.75, 3.05) is 25.1 Å². The molecule has 340 valence electrons. The molecule has 2 aliphatic rings. The van der Waals surface area contributed by atoms with Gasteiger partial charge in [0.15, 0.2) is 0 Å². The van der Waals surface area contributed by atoms with Gasteiger partial charge in [0.05, 0.1) is 29.2 Å². The molecule has 19 heteroatoms. The summed E-state index contributed by atoms with van der Waals surface area (Å²) in [6.45, 7) is 11.7. The number of nitro groups is 1. The highest BCUT2D eigenvalue weighted by Gasteiger charge is 2.50. The van der Waals surface area contributed by atoms with E-state index in [1.807, 2.05) is 27.7 Å². The third-order valence-corrected chi connectivity index (χ3v) is 11.4. The number of nitro benzene ring substituents is 1. The Morgan fingerprint density at radius 2 is 1.56 bits per heavy atom. The number of allylic oxidation sites excluding steroid dienone is 2. The number of rotatable bonds is 21. The summed E-state index contributed by atoms with van der Waals surface area (Å²) in [5.74, 6) is 6.42. The van der Waals surface area contributed by atoms with Crippen molar-refractivity contribution in [2.45, 2.75) is 110 Å². The second-order valence-electron chi connectivity index (χ2n) is 17.4. The zero-order chi connectivity index (χ0) is 45.8. The van der Waals surface area contributed by atoms with Gasteiger partial charge in [0, 0.05) is 42.2 Å². The number of ether oxygens (including phenoxy) is 4. The summed E-state index contributed by atoms with van der Waals surface area (Å²) < 4.78 is 21.4. The van der Waals surface area contributed by atoms with Crippen LogP contribution in [0.4, 0.5) is 21.0 Å². The first kappa shape index (κ1) is 48.7. The Labute approximate surface area is 361 Å². The number of fused-ring (bicyclic) bond motifs is 1. The fourth-order valence-electron chi connectivity index (χ4n) is 7.41. The van der Waals surface area contributed by atoms with Gasteiger partial charge in [-0.3, -0.25) is 24.5 Å². The van der Waals surface area contributed by atoms with Crippen molar-refractivity contribution in [1.29, 1.82) is 0 Å². The maximum absolute atomic E-state index is 13.1. The summed E-state index contributed by atoms with van der Waals surface area (Å²) in [5, 5.41) is 20.6. The third kappa shape index (κ3) is 14.9. The Morgan fingerprint density at radius 1 is 0.919 bits per heavy atom. The van der Waals surface area contributed by atoms with Crippen LogP contribution in [-0.2, 0) is 35.2 Å². The maximum Gasteiger partial charge on any atom is 0.514 e. The van der Waals surface area contributed by atoms with Crippen molar-refractivity contribution in [2.24, 2.45) is 41.0 Å². The van der Waals surface area contributed by atoms with Gasteiger partial charge in [-0.05, 0) is 120 Å². The van der Waals surface area contributed by atoms with Crippen LogP contribution in [0.3, 0.4) is 0 Å². The molecule has 19 nitrogen and oxygen atoms in total.